The molecule has 2 heterocycles. The Labute approximate surface area is 260 Å². The summed E-state index contributed by atoms with van der Waals surface area (Å²) in [5.41, 5.74) is 0.253. The van der Waals surface area contributed by atoms with Gasteiger partial charge in [-0.15, -0.1) is 0 Å². The van der Waals surface area contributed by atoms with Crippen LogP contribution in [-0.4, -0.2) is 55.5 Å². The normalized spacial score (nSPS) is 17.6. The molecule has 0 aromatic heterocycles. The summed E-state index contributed by atoms with van der Waals surface area (Å²) in [6.07, 6.45) is -0.122. The van der Waals surface area contributed by atoms with Crippen LogP contribution in [0.15, 0.2) is 54.6 Å². The third-order valence-electron chi connectivity index (χ3n) is 7.80. The lowest BCUT2D eigenvalue weighted by Crippen LogP contribution is -2.46. The summed E-state index contributed by atoms with van der Waals surface area (Å²) in [6, 6.07) is 13.6. The zero-order valence-corrected chi connectivity index (χ0v) is 25.5. The van der Waals surface area contributed by atoms with Crippen LogP contribution in [0.1, 0.15) is 49.8 Å². The van der Waals surface area contributed by atoms with E-state index < -0.39 is 35.1 Å². The number of piperidine rings is 1. The van der Waals surface area contributed by atoms with E-state index in [-0.39, 0.29) is 55.7 Å². The van der Waals surface area contributed by atoms with Gasteiger partial charge in [0.15, 0.2) is 11.5 Å². The lowest BCUT2D eigenvalue weighted by Gasteiger charge is -2.39. The largest absolute Gasteiger partial charge is 0.493 e. The molecule has 2 aliphatic heterocycles. The molecule has 0 aliphatic carbocycles. The monoisotopic (exact) mass is 626 g/mol. The molecule has 45 heavy (non-hydrogen) atoms. The molecule has 1 N–H and O–H groups in total. The number of likely N-dealkylation sites (tertiary alicyclic amines) is 1. The number of rotatable bonds is 9. The summed E-state index contributed by atoms with van der Waals surface area (Å²) in [5, 5.41) is 2.63. The number of carbonyl (C=O) groups excluding carboxylic acids is 2. The Hall–Kier alpha value is -4.41. The second-order valence-corrected chi connectivity index (χ2v) is 12.2. The van der Waals surface area contributed by atoms with Gasteiger partial charge in [0.1, 0.15) is 28.8 Å². The summed E-state index contributed by atoms with van der Waals surface area (Å²) < 4.78 is 65.3. The van der Waals surface area contributed by atoms with Crippen molar-refractivity contribution in [3.63, 3.8) is 0 Å². The molecule has 1 saturated heterocycles. The SMILES string of the molecule is CC(C)(C)OC(=O)N1CC[C@@H](c2ccc(F)c(CC(=O)NCCc3c(F)cccc3F)c2)[C@H](COc2ccc3c(c2)OCO3)C1. The lowest BCUT2D eigenvalue weighted by molar-refractivity contribution is -0.120. The first-order valence-corrected chi connectivity index (χ1v) is 14.9. The molecule has 8 nitrogen and oxygen atoms in total. The Morgan fingerprint density at radius 1 is 0.978 bits per heavy atom. The van der Waals surface area contributed by atoms with Crippen LogP contribution >= 0.6 is 0 Å². The van der Waals surface area contributed by atoms with Crippen molar-refractivity contribution in [2.75, 3.05) is 33.0 Å². The van der Waals surface area contributed by atoms with Gasteiger partial charge in [-0.1, -0.05) is 18.2 Å². The second kappa shape index (κ2) is 13.7. The number of benzene rings is 3. The maximum absolute atomic E-state index is 14.9. The molecule has 3 aromatic carbocycles. The number of carbonyl (C=O) groups is 2. The Morgan fingerprint density at radius 3 is 2.49 bits per heavy atom. The topological polar surface area (TPSA) is 86.3 Å². The Kier molecular flexibility index (Phi) is 9.74. The smallest absolute Gasteiger partial charge is 0.410 e. The average molecular weight is 627 g/mol. The van der Waals surface area contributed by atoms with Crippen molar-refractivity contribution in [1.29, 1.82) is 0 Å². The molecular weight excluding hydrogens is 589 g/mol. The van der Waals surface area contributed by atoms with Gasteiger partial charge in [-0.05, 0) is 81.0 Å². The van der Waals surface area contributed by atoms with Crippen molar-refractivity contribution in [3.05, 3.63) is 88.7 Å². The molecule has 2 atom stereocenters. The van der Waals surface area contributed by atoms with Gasteiger partial charge in [0.25, 0.3) is 0 Å². The van der Waals surface area contributed by atoms with Gasteiger partial charge < -0.3 is 29.2 Å². The van der Waals surface area contributed by atoms with Crippen LogP contribution in [0, 0.1) is 23.4 Å². The minimum Gasteiger partial charge on any atom is -0.493 e. The molecule has 0 bridgehead atoms. The van der Waals surface area contributed by atoms with Crippen LogP contribution in [0.25, 0.3) is 0 Å². The van der Waals surface area contributed by atoms with Crippen LogP contribution in [-0.2, 0) is 22.4 Å². The third-order valence-corrected chi connectivity index (χ3v) is 7.80. The number of ether oxygens (including phenoxy) is 4. The first-order valence-electron chi connectivity index (χ1n) is 14.9. The zero-order chi connectivity index (χ0) is 32.1. The molecular formula is C34H37F3N2O6. The lowest BCUT2D eigenvalue weighted by atomic mass is 9.80. The highest BCUT2D eigenvalue weighted by Gasteiger charge is 2.35. The summed E-state index contributed by atoms with van der Waals surface area (Å²) >= 11 is 0. The Morgan fingerprint density at radius 2 is 1.73 bits per heavy atom. The maximum atomic E-state index is 14.9. The van der Waals surface area contributed by atoms with Crippen LogP contribution in [0.3, 0.4) is 0 Å². The van der Waals surface area contributed by atoms with Crippen molar-refractivity contribution < 1.29 is 41.7 Å². The molecule has 0 radical (unpaired) electrons. The highest BCUT2D eigenvalue weighted by Crippen LogP contribution is 2.38. The fourth-order valence-electron chi connectivity index (χ4n) is 5.60. The molecule has 3 aromatic rings. The van der Waals surface area contributed by atoms with Crippen LogP contribution in [0.2, 0.25) is 0 Å². The molecule has 0 unspecified atom stereocenters. The van der Waals surface area contributed by atoms with E-state index in [2.05, 4.69) is 5.32 Å². The van der Waals surface area contributed by atoms with Crippen LogP contribution in [0.4, 0.5) is 18.0 Å². The van der Waals surface area contributed by atoms with E-state index in [1.807, 2.05) is 20.8 Å². The first-order chi connectivity index (χ1) is 21.5. The molecule has 2 aliphatic rings. The number of amides is 2. The van der Waals surface area contributed by atoms with Gasteiger partial charge in [0, 0.05) is 37.2 Å². The summed E-state index contributed by atoms with van der Waals surface area (Å²) in [5.74, 6) is -0.850. The number of nitrogens with zero attached hydrogens (tertiary/aromatic N) is 1. The standard InChI is InChI=1S/C34H37F3N2O6/c1-34(2,3)45-33(41)39-14-12-25(23(18-39)19-42-24-8-10-30-31(17-24)44-20-43-30)21-7-9-27(35)22(15-21)16-32(40)38-13-11-26-28(36)5-4-6-29(26)37/h4-10,15,17,23,25H,11-14,16,18-20H2,1-3H3,(H,38,40)/t23-,25-/m0/s1. The average Bonchev–Trinajstić information content (AvgIpc) is 3.46. The first kappa shape index (κ1) is 32.0. The summed E-state index contributed by atoms with van der Waals surface area (Å²) in [7, 11) is 0. The molecule has 1 fully saturated rings. The Bertz CT molecular complexity index is 1520. The van der Waals surface area contributed by atoms with E-state index in [1.54, 1.807) is 35.2 Å². The number of nitrogens with one attached hydrogen (secondary N) is 1. The van der Waals surface area contributed by atoms with Crippen molar-refractivity contribution in [3.8, 4) is 17.2 Å². The molecule has 240 valence electrons. The van der Waals surface area contributed by atoms with E-state index >= 15 is 0 Å². The number of hydrogen-bond acceptors (Lipinski definition) is 6. The van der Waals surface area contributed by atoms with Gasteiger partial charge in [0.2, 0.25) is 12.7 Å². The van der Waals surface area contributed by atoms with E-state index in [0.29, 0.717) is 36.8 Å². The minimum atomic E-state index is -0.683. The van der Waals surface area contributed by atoms with Crippen molar-refractivity contribution in [2.45, 2.75) is 51.6 Å². The van der Waals surface area contributed by atoms with Gasteiger partial charge in [-0.25, -0.2) is 18.0 Å². The maximum Gasteiger partial charge on any atom is 0.410 e. The van der Waals surface area contributed by atoms with Crippen molar-refractivity contribution in [1.82, 2.24) is 10.2 Å². The number of fused-ring (bicyclic) bond motifs is 1. The fourth-order valence-corrected chi connectivity index (χ4v) is 5.60. The van der Waals surface area contributed by atoms with E-state index in [1.165, 1.54) is 12.1 Å². The van der Waals surface area contributed by atoms with Crippen molar-refractivity contribution in [2.24, 2.45) is 5.92 Å². The van der Waals surface area contributed by atoms with E-state index in [9.17, 15) is 22.8 Å². The summed E-state index contributed by atoms with van der Waals surface area (Å²) in [6.45, 7) is 6.61. The highest BCUT2D eigenvalue weighted by atomic mass is 19.1. The quantitative estimate of drug-likeness (QED) is 0.307. The third kappa shape index (κ3) is 8.20. The fraction of sp³-hybridized carbons (Fsp3) is 0.412. The molecule has 11 heteroatoms. The van der Waals surface area contributed by atoms with Crippen molar-refractivity contribution >= 4 is 12.0 Å². The predicted octanol–water partition coefficient (Wildman–Crippen LogP) is 6.15. The Balaban J connectivity index is 1.28. The van der Waals surface area contributed by atoms with Crippen LogP contribution in [0.5, 0.6) is 17.2 Å². The van der Waals surface area contributed by atoms with E-state index in [0.717, 1.165) is 17.7 Å². The van der Waals surface area contributed by atoms with Gasteiger partial charge in [-0.2, -0.15) is 0 Å². The highest BCUT2D eigenvalue weighted by molar-refractivity contribution is 5.78. The van der Waals surface area contributed by atoms with Gasteiger partial charge >= 0.3 is 6.09 Å². The summed E-state index contributed by atoms with van der Waals surface area (Å²) in [4.78, 5) is 27.3. The molecule has 5 rings (SSSR count). The predicted molar refractivity (Wildman–Crippen MR) is 160 cm³/mol. The molecule has 2 amide bonds. The number of halogens is 3. The minimum absolute atomic E-state index is 0.000390. The van der Waals surface area contributed by atoms with Gasteiger partial charge in [-0.3, -0.25) is 4.79 Å². The zero-order valence-electron chi connectivity index (χ0n) is 25.5. The molecule has 0 saturated carbocycles. The van der Waals surface area contributed by atoms with Crippen LogP contribution < -0.4 is 19.5 Å². The molecule has 0 spiro atoms. The van der Waals surface area contributed by atoms with Gasteiger partial charge in [0.05, 0.1) is 13.0 Å². The second-order valence-electron chi connectivity index (χ2n) is 12.2. The van der Waals surface area contributed by atoms with E-state index in [4.69, 9.17) is 18.9 Å². The number of hydrogen-bond donors (Lipinski definition) is 1.